The minimum atomic E-state index is -0.802. The summed E-state index contributed by atoms with van der Waals surface area (Å²) in [5.74, 6) is -0.719. The molecule has 2 aromatic rings. The van der Waals surface area contributed by atoms with Gasteiger partial charge in [0.05, 0.1) is 0 Å². The summed E-state index contributed by atoms with van der Waals surface area (Å²) < 4.78 is 7.19. The van der Waals surface area contributed by atoms with Crippen molar-refractivity contribution in [2.24, 2.45) is 5.92 Å². The van der Waals surface area contributed by atoms with Gasteiger partial charge >= 0.3 is 5.97 Å². The van der Waals surface area contributed by atoms with Crippen molar-refractivity contribution in [3.63, 3.8) is 0 Å². The predicted molar refractivity (Wildman–Crippen MR) is 116 cm³/mol. The Morgan fingerprint density at radius 1 is 1.23 bits per heavy atom. The van der Waals surface area contributed by atoms with Crippen LogP contribution < -0.4 is 5.32 Å². The molecule has 0 spiro atoms. The minimum absolute atomic E-state index is 0.128. The van der Waals surface area contributed by atoms with Crippen LogP contribution in [0.2, 0.25) is 0 Å². The first kappa shape index (κ1) is 23.0. The maximum absolute atomic E-state index is 12.3. The van der Waals surface area contributed by atoms with E-state index in [-0.39, 0.29) is 5.57 Å². The number of amides is 1. The van der Waals surface area contributed by atoms with Crippen molar-refractivity contribution in [3.05, 3.63) is 64.5 Å². The number of benzene rings is 1. The molecule has 0 aliphatic rings. The minimum Gasteiger partial charge on any atom is -0.451 e. The van der Waals surface area contributed by atoms with Crippen molar-refractivity contribution in [2.45, 2.75) is 40.7 Å². The number of hydrogen-bond acceptors (Lipinski definition) is 4. The second kappa shape index (κ2) is 11.0. The van der Waals surface area contributed by atoms with E-state index in [1.807, 2.05) is 56.3 Å². The van der Waals surface area contributed by atoms with Crippen LogP contribution in [-0.2, 0) is 27.3 Å². The standard InChI is InChI=1S/C24H29N3O3/c1-17(2)15-27-18(3)12-21(19(27)4)13-22(14-25)24(29)30-16-23(28)26-11-10-20-8-6-5-7-9-20/h5-9,12-13,17H,10-11,15-16H2,1-4H3,(H,26,28)/b22-13+. The monoisotopic (exact) mass is 407 g/mol. The number of ether oxygens (including phenoxy) is 1. The van der Waals surface area contributed by atoms with Crippen LogP contribution >= 0.6 is 0 Å². The molecule has 1 aromatic carbocycles. The van der Waals surface area contributed by atoms with Gasteiger partial charge < -0.3 is 14.6 Å². The van der Waals surface area contributed by atoms with E-state index in [0.29, 0.717) is 18.9 Å². The molecule has 6 nitrogen and oxygen atoms in total. The van der Waals surface area contributed by atoms with Crippen LogP contribution in [0.5, 0.6) is 0 Å². The van der Waals surface area contributed by atoms with Crippen LogP contribution in [-0.4, -0.2) is 29.6 Å². The zero-order chi connectivity index (χ0) is 22.1. The van der Waals surface area contributed by atoms with Gasteiger partial charge in [-0.2, -0.15) is 5.26 Å². The summed E-state index contributed by atoms with van der Waals surface area (Å²) >= 11 is 0. The molecule has 0 aliphatic carbocycles. The molecular formula is C24H29N3O3. The fourth-order valence-electron chi connectivity index (χ4n) is 3.16. The topological polar surface area (TPSA) is 84.1 Å². The number of nitrogens with zero attached hydrogens (tertiary/aromatic N) is 2. The molecule has 0 aliphatic heterocycles. The van der Waals surface area contributed by atoms with E-state index in [9.17, 15) is 14.9 Å². The Balaban J connectivity index is 1.91. The molecule has 0 unspecified atom stereocenters. The SMILES string of the molecule is Cc1cc(/C=C(\C#N)C(=O)OCC(=O)NCCc2ccccc2)c(C)n1CC(C)C. The number of nitrogens with one attached hydrogen (secondary N) is 1. The summed E-state index contributed by atoms with van der Waals surface area (Å²) in [7, 11) is 0. The average molecular weight is 408 g/mol. The molecule has 6 heteroatoms. The van der Waals surface area contributed by atoms with Crippen LogP contribution in [0.1, 0.15) is 36.4 Å². The Morgan fingerprint density at radius 2 is 1.93 bits per heavy atom. The third kappa shape index (κ3) is 6.63. The Morgan fingerprint density at radius 3 is 2.57 bits per heavy atom. The highest BCUT2D eigenvalue weighted by molar-refractivity contribution is 5.99. The Labute approximate surface area is 178 Å². The lowest BCUT2D eigenvalue weighted by atomic mass is 10.1. The summed E-state index contributed by atoms with van der Waals surface area (Å²) in [6, 6.07) is 13.6. The van der Waals surface area contributed by atoms with Gasteiger partial charge in [0, 0.05) is 24.5 Å². The van der Waals surface area contributed by atoms with Gasteiger partial charge in [0.25, 0.3) is 5.91 Å². The maximum Gasteiger partial charge on any atom is 0.349 e. The summed E-state index contributed by atoms with van der Waals surface area (Å²) in [6.07, 6.45) is 2.21. The zero-order valence-corrected chi connectivity index (χ0v) is 18.1. The number of hydrogen-bond donors (Lipinski definition) is 1. The quantitative estimate of drug-likeness (QED) is 0.391. The molecular weight excluding hydrogens is 378 g/mol. The van der Waals surface area contributed by atoms with Crippen molar-refractivity contribution >= 4 is 18.0 Å². The van der Waals surface area contributed by atoms with Crippen LogP contribution in [0.3, 0.4) is 0 Å². The average Bonchev–Trinajstić information content (AvgIpc) is 2.98. The Bertz CT molecular complexity index is 950. The Kier molecular flexibility index (Phi) is 8.42. The van der Waals surface area contributed by atoms with E-state index in [2.05, 4.69) is 23.7 Å². The number of esters is 1. The van der Waals surface area contributed by atoms with Gasteiger partial charge in [-0.05, 0) is 49.5 Å². The number of aryl methyl sites for hydroxylation is 1. The number of aromatic nitrogens is 1. The van der Waals surface area contributed by atoms with Crippen molar-refractivity contribution in [1.29, 1.82) is 5.26 Å². The normalized spacial score (nSPS) is 11.3. The highest BCUT2D eigenvalue weighted by Crippen LogP contribution is 2.20. The van der Waals surface area contributed by atoms with Gasteiger partial charge in [0.1, 0.15) is 11.6 Å². The lowest BCUT2D eigenvalue weighted by Gasteiger charge is -2.12. The summed E-state index contributed by atoms with van der Waals surface area (Å²) in [5, 5.41) is 12.1. The van der Waals surface area contributed by atoms with Gasteiger partial charge in [-0.25, -0.2) is 4.79 Å². The molecule has 1 heterocycles. The van der Waals surface area contributed by atoms with Crippen LogP contribution in [0.15, 0.2) is 42.0 Å². The van der Waals surface area contributed by atoms with Crippen LogP contribution in [0, 0.1) is 31.1 Å². The molecule has 158 valence electrons. The summed E-state index contributed by atoms with van der Waals surface area (Å²) in [4.78, 5) is 24.2. The largest absolute Gasteiger partial charge is 0.451 e. The molecule has 1 N–H and O–H groups in total. The zero-order valence-electron chi connectivity index (χ0n) is 18.1. The highest BCUT2D eigenvalue weighted by Gasteiger charge is 2.15. The lowest BCUT2D eigenvalue weighted by molar-refractivity contribution is -0.144. The van der Waals surface area contributed by atoms with Gasteiger partial charge in [-0.3, -0.25) is 4.79 Å². The smallest absolute Gasteiger partial charge is 0.349 e. The van der Waals surface area contributed by atoms with E-state index in [0.717, 1.165) is 29.1 Å². The van der Waals surface area contributed by atoms with Gasteiger partial charge in [-0.1, -0.05) is 44.2 Å². The molecule has 0 radical (unpaired) electrons. The van der Waals surface area contributed by atoms with E-state index in [4.69, 9.17) is 4.74 Å². The molecule has 1 amide bonds. The molecule has 0 fully saturated rings. The molecule has 30 heavy (non-hydrogen) atoms. The number of nitriles is 1. The van der Waals surface area contributed by atoms with Gasteiger partial charge in [0.15, 0.2) is 6.61 Å². The molecule has 2 rings (SSSR count). The van der Waals surface area contributed by atoms with Crippen molar-refractivity contribution in [1.82, 2.24) is 9.88 Å². The maximum atomic E-state index is 12.3. The first-order valence-corrected chi connectivity index (χ1v) is 10.1. The molecule has 0 saturated carbocycles. The molecule has 0 saturated heterocycles. The molecule has 0 bridgehead atoms. The van der Waals surface area contributed by atoms with Crippen molar-refractivity contribution < 1.29 is 14.3 Å². The first-order chi connectivity index (χ1) is 14.3. The molecule has 0 atom stereocenters. The van der Waals surface area contributed by atoms with Gasteiger partial charge in [0.2, 0.25) is 0 Å². The van der Waals surface area contributed by atoms with Crippen molar-refractivity contribution in [3.8, 4) is 6.07 Å². The fourth-order valence-corrected chi connectivity index (χ4v) is 3.16. The fraction of sp³-hybridized carbons (Fsp3) is 0.375. The highest BCUT2D eigenvalue weighted by atomic mass is 16.5. The number of rotatable bonds is 9. The van der Waals surface area contributed by atoms with Gasteiger partial charge in [-0.15, -0.1) is 0 Å². The van der Waals surface area contributed by atoms with E-state index < -0.39 is 18.5 Å². The number of carbonyl (C=O) groups is 2. The van der Waals surface area contributed by atoms with Crippen molar-refractivity contribution in [2.75, 3.05) is 13.2 Å². The lowest BCUT2D eigenvalue weighted by Crippen LogP contribution is -2.30. The molecule has 1 aromatic heterocycles. The summed E-state index contributed by atoms with van der Waals surface area (Å²) in [6.45, 7) is 9.12. The predicted octanol–water partition coefficient (Wildman–Crippen LogP) is 3.57. The Hall–Kier alpha value is -3.33. The second-order valence-corrected chi connectivity index (χ2v) is 7.66. The van der Waals surface area contributed by atoms with Crippen LogP contribution in [0.25, 0.3) is 6.08 Å². The van der Waals surface area contributed by atoms with Crippen LogP contribution in [0.4, 0.5) is 0 Å². The third-order valence-corrected chi connectivity index (χ3v) is 4.71. The number of carbonyl (C=O) groups excluding carboxylic acids is 2. The second-order valence-electron chi connectivity index (χ2n) is 7.66. The third-order valence-electron chi connectivity index (χ3n) is 4.71. The first-order valence-electron chi connectivity index (χ1n) is 10.1. The van der Waals surface area contributed by atoms with E-state index in [1.165, 1.54) is 6.08 Å². The van der Waals surface area contributed by atoms with E-state index >= 15 is 0 Å². The van der Waals surface area contributed by atoms with E-state index in [1.54, 1.807) is 0 Å². The summed E-state index contributed by atoms with van der Waals surface area (Å²) in [5.41, 5.74) is 3.83.